The van der Waals surface area contributed by atoms with Crippen molar-refractivity contribution in [3.63, 3.8) is 0 Å². The summed E-state index contributed by atoms with van der Waals surface area (Å²) < 4.78 is 5.40. The highest BCUT2D eigenvalue weighted by Gasteiger charge is 2.31. The minimum absolute atomic E-state index is 0.0172. The number of aromatic nitrogens is 2. The molecule has 3 aromatic rings. The zero-order valence-electron chi connectivity index (χ0n) is 18.7. The molecule has 0 radical (unpaired) electrons. The highest BCUT2D eigenvalue weighted by Crippen LogP contribution is 2.36. The number of H-pyrrole nitrogens is 1. The highest BCUT2D eigenvalue weighted by molar-refractivity contribution is 6.38. The standard InChI is InChI=1S/C24H27ClN4O3/c1-5-15-12-26-22-20(15)21(25)18(13-27-22)16-7-6-8-17(11-16)29-10-9-28(14-19(29)30)23(31)32-24(2,3)4/h6-8,11-13H,5,9-10,14H2,1-4H3,(H,26,27). The zero-order valence-corrected chi connectivity index (χ0v) is 19.5. The molecule has 2 aromatic heterocycles. The molecule has 0 aliphatic carbocycles. The molecule has 1 N–H and O–H groups in total. The number of hydrogen-bond acceptors (Lipinski definition) is 4. The summed E-state index contributed by atoms with van der Waals surface area (Å²) in [4.78, 5) is 36.0. The van der Waals surface area contributed by atoms with E-state index in [2.05, 4.69) is 16.9 Å². The molecule has 32 heavy (non-hydrogen) atoms. The second kappa shape index (κ2) is 8.47. The van der Waals surface area contributed by atoms with Gasteiger partial charge in [0.25, 0.3) is 0 Å². The van der Waals surface area contributed by atoms with Gasteiger partial charge >= 0.3 is 6.09 Å². The van der Waals surface area contributed by atoms with Gasteiger partial charge in [-0.15, -0.1) is 0 Å². The van der Waals surface area contributed by atoms with Gasteiger partial charge in [0.1, 0.15) is 17.8 Å². The van der Waals surface area contributed by atoms with Crippen LogP contribution in [0.15, 0.2) is 36.7 Å². The van der Waals surface area contributed by atoms with E-state index in [4.69, 9.17) is 16.3 Å². The number of piperazine rings is 1. The van der Waals surface area contributed by atoms with Gasteiger partial charge in [-0.2, -0.15) is 0 Å². The number of amides is 2. The fraction of sp³-hybridized carbons (Fsp3) is 0.375. The van der Waals surface area contributed by atoms with Crippen molar-refractivity contribution < 1.29 is 14.3 Å². The van der Waals surface area contributed by atoms with Crippen molar-refractivity contribution in [1.29, 1.82) is 0 Å². The Morgan fingerprint density at radius 3 is 2.75 bits per heavy atom. The number of carbonyl (C=O) groups excluding carboxylic acids is 2. The summed E-state index contributed by atoms with van der Waals surface area (Å²) in [6, 6.07) is 7.68. The number of pyridine rings is 1. The summed E-state index contributed by atoms with van der Waals surface area (Å²) in [5.74, 6) is -0.155. The quantitative estimate of drug-likeness (QED) is 0.602. The Morgan fingerprint density at radius 2 is 2.06 bits per heavy atom. The third kappa shape index (κ3) is 4.30. The van der Waals surface area contributed by atoms with Crippen LogP contribution < -0.4 is 4.90 Å². The van der Waals surface area contributed by atoms with Crippen molar-refractivity contribution in [2.45, 2.75) is 39.7 Å². The molecule has 1 fully saturated rings. The average Bonchev–Trinajstić information content (AvgIpc) is 3.17. The molecule has 0 atom stereocenters. The Labute approximate surface area is 192 Å². The van der Waals surface area contributed by atoms with E-state index in [9.17, 15) is 9.59 Å². The molecule has 0 unspecified atom stereocenters. The Hall–Kier alpha value is -3.06. The van der Waals surface area contributed by atoms with Crippen LogP contribution in [0.1, 0.15) is 33.3 Å². The van der Waals surface area contributed by atoms with Crippen LogP contribution in [-0.4, -0.2) is 52.1 Å². The van der Waals surface area contributed by atoms with Crippen LogP contribution >= 0.6 is 11.6 Å². The minimum atomic E-state index is -0.600. The first-order valence-corrected chi connectivity index (χ1v) is 11.1. The molecule has 0 bridgehead atoms. The second-order valence-electron chi connectivity index (χ2n) is 8.87. The first-order valence-electron chi connectivity index (χ1n) is 10.7. The lowest BCUT2D eigenvalue weighted by Gasteiger charge is -2.35. The maximum atomic E-state index is 12.8. The number of halogens is 1. The number of aromatic amines is 1. The van der Waals surface area contributed by atoms with Gasteiger partial charge in [0, 0.05) is 42.1 Å². The van der Waals surface area contributed by atoms with Gasteiger partial charge in [-0.3, -0.25) is 9.69 Å². The number of fused-ring (bicyclic) bond motifs is 1. The Morgan fingerprint density at radius 1 is 1.28 bits per heavy atom. The average molecular weight is 455 g/mol. The summed E-state index contributed by atoms with van der Waals surface area (Å²) in [6.45, 7) is 8.28. The lowest BCUT2D eigenvalue weighted by molar-refractivity contribution is -0.121. The van der Waals surface area contributed by atoms with E-state index in [1.54, 1.807) is 11.1 Å². The lowest BCUT2D eigenvalue weighted by Crippen LogP contribution is -2.53. The van der Waals surface area contributed by atoms with E-state index in [-0.39, 0.29) is 12.5 Å². The summed E-state index contributed by atoms with van der Waals surface area (Å²) >= 11 is 6.78. The summed E-state index contributed by atoms with van der Waals surface area (Å²) in [7, 11) is 0. The number of benzene rings is 1. The van der Waals surface area contributed by atoms with Crippen molar-refractivity contribution in [2.24, 2.45) is 0 Å². The zero-order chi connectivity index (χ0) is 23.0. The van der Waals surface area contributed by atoms with E-state index in [1.165, 1.54) is 4.90 Å². The Bertz CT molecular complexity index is 1180. The van der Waals surface area contributed by atoms with Crippen LogP contribution in [0, 0.1) is 0 Å². The molecule has 1 aromatic carbocycles. The van der Waals surface area contributed by atoms with Crippen LogP contribution in [0.4, 0.5) is 10.5 Å². The highest BCUT2D eigenvalue weighted by atomic mass is 35.5. The third-order valence-corrected chi connectivity index (χ3v) is 5.83. The molecule has 2 amide bonds. The lowest BCUT2D eigenvalue weighted by atomic mass is 10.0. The number of ether oxygens (including phenoxy) is 1. The first-order chi connectivity index (χ1) is 15.2. The van der Waals surface area contributed by atoms with Crippen molar-refractivity contribution in [1.82, 2.24) is 14.9 Å². The normalized spacial score (nSPS) is 14.8. The molecule has 7 nitrogen and oxygen atoms in total. The van der Waals surface area contributed by atoms with E-state index >= 15 is 0 Å². The fourth-order valence-corrected chi connectivity index (χ4v) is 4.24. The molecule has 0 saturated carbocycles. The number of anilines is 1. The molecule has 3 heterocycles. The number of rotatable bonds is 3. The molecular weight excluding hydrogens is 428 g/mol. The maximum Gasteiger partial charge on any atom is 0.410 e. The fourth-order valence-electron chi connectivity index (χ4n) is 3.87. The van der Waals surface area contributed by atoms with Crippen LogP contribution in [0.25, 0.3) is 22.2 Å². The second-order valence-corrected chi connectivity index (χ2v) is 9.25. The topological polar surface area (TPSA) is 78.5 Å². The van der Waals surface area contributed by atoms with E-state index in [0.717, 1.165) is 39.8 Å². The predicted octanol–water partition coefficient (Wildman–Crippen LogP) is 5.03. The van der Waals surface area contributed by atoms with Gasteiger partial charge < -0.3 is 14.6 Å². The van der Waals surface area contributed by atoms with Crippen molar-refractivity contribution >= 4 is 40.3 Å². The number of nitrogens with one attached hydrogen (secondary N) is 1. The monoisotopic (exact) mass is 454 g/mol. The van der Waals surface area contributed by atoms with Gasteiger partial charge in [0.15, 0.2) is 0 Å². The predicted molar refractivity (Wildman–Crippen MR) is 126 cm³/mol. The molecule has 1 saturated heterocycles. The van der Waals surface area contributed by atoms with Crippen molar-refractivity contribution in [2.75, 3.05) is 24.5 Å². The van der Waals surface area contributed by atoms with Crippen molar-refractivity contribution in [3.8, 4) is 11.1 Å². The van der Waals surface area contributed by atoms with E-state index < -0.39 is 11.7 Å². The SMILES string of the molecule is CCc1c[nH]c2ncc(-c3cccc(N4CCN(C(=O)OC(C)(C)C)CC4=O)c3)c(Cl)c12. The first kappa shape index (κ1) is 22.1. The molecule has 4 rings (SSSR count). The molecule has 1 aliphatic heterocycles. The van der Waals surface area contributed by atoms with Crippen LogP contribution in [-0.2, 0) is 16.0 Å². The number of carbonyl (C=O) groups is 2. The van der Waals surface area contributed by atoms with Gasteiger partial charge in [-0.05, 0) is 50.5 Å². The maximum absolute atomic E-state index is 12.8. The van der Waals surface area contributed by atoms with Gasteiger partial charge in [-0.25, -0.2) is 9.78 Å². The summed E-state index contributed by atoms with van der Waals surface area (Å²) in [6.07, 6.45) is 4.07. The van der Waals surface area contributed by atoms with E-state index in [0.29, 0.717) is 18.1 Å². The van der Waals surface area contributed by atoms with Crippen LogP contribution in [0.2, 0.25) is 5.02 Å². The van der Waals surface area contributed by atoms with Gasteiger partial charge in [-0.1, -0.05) is 30.7 Å². The Balaban J connectivity index is 1.58. The van der Waals surface area contributed by atoms with E-state index in [1.807, 2.05) is 51.2 Å². The molecule has 1 aliphatic rings. The van der Waals surface area contributed by atoms with Crippen LogP contribution in [0.3, 0.4) is 0 Å². The number of aryl methyl sites for hydroxylation is 1. The third-order valence-electron chi connectivity index (χ3n) is 5.44. The smallest absolute Gasteiger partial charge is 0.410 e. The van der Waals surface area contributed by atoms with Gasteiger partial charge in [0.2, 0.25) is 5.91 Å². The molecular formula is C24H27ClN4O3. The summed E-state index contributed by atoms with van der Waals surface area (Å²) in [5.41, 5.74) is 3.74. The number of nitrogens with zero attached hydrogens (tertiary/aromatic N) is 3. The largest absolute Gasteiger partial charge is 0.444 e. The molecule has 8 heteroatoms. The molecule has 168 valence electrons. The molecule has 0 spiro atoms. The minimum Gasteiger partial charge on any atom is -0.444 e. The summed E-state index contributed by atoms with van der Waals surface area (Å²) in [5, 5.41) is 1.57. The number of hydrogen-bond donors (Lipinski definition) is 1. The Kier molecular flexibility index (Phi) is 5.86. The van der Waals surface area contributed by atoms with Crippen LogP contribution in [0.5, 0.6) is 0 Å². The van der Waals surface area contributed by atoms with Crippen molar-refractivity contribution in [3.05, 3.63) is 47.2 Å². The van der Waals surface area contributed by atoms with Gasteiger partial charge in [0.05, 0.1) is 5.02 Å².